The van der Waals surface area contributed by atoms with Gasteiger partial charge in [0.1, 0.15) is 5.82 Å². The van der Waals surface area contributed by atoms with Crippen LogP contribution in [0, 0.1) is 0 Å². The van der Waals surface area contributed by atoms with Gasteiger partial charge in [0.15, 0.2) is 0 Å². The summed E-state index contributed by atoms with van der Waals surface area (Å²) < 4.78 is 1.73. The largest absolute Gasteiger partial charge is 0.321 e. The lowest BCUT2D eigenvalue weighted by atomic mass is 9.87. The molecule has 0 spiro atoms. The predicted molar refractivity (Wildman–Crippen MR) is 146 cm³/mol. The van der Waals surface area contributed by atoms with E-state index in [0.717, 1.165) is 48.8 Å². The minimum atomic E-state index is -0.188. The normalized spacial score (nSPS) is 16.2. The van der Waals surface area contributed by atoms with Crippen LogP contribution in [-0.2, 0) is 19.0 Å². The highest BCUT2D eigenvalue weighted by Gasteiger charge is 2.27. The fourth-order valence-electron chi connectivity index (χ4n) is 4.83. The smallest absolute Gasteiger partial charge is 0.227 e. The molecule has 5 rings (SSSR count). The van der Waals surface area contributed by atoms with E-state index in [0.29, 0.717) is 12.4 Å². The molecule has 0 aliphatic carbocycles. The van der Waals surface area contributed by atoms with Gasteiger partial charge < -0.3 is 5.32 Å². The molecule has 3 aromatic heterocycles. The van der Waals surface area contributed by atoms with E-state index in [-0.39, 0.29) is 22.9 Å². The first-order valence-corrected chi connectivity index (χ1v) is 13.1. The number of H-pyrrole nitrogens is 1. The number of rotatable bonds is 7. The van der Waals surface area contributed by atoms with Gasteiger partial charge >= 0.3 is 0 Å². The lowest BCUT2D eigenvalue weighted by Crippen LogP contribution is -2.22. The maximum Gasteiger partial charge on any atom is 0.227 e. The number of aromatic nitrogens is 7. The van der Waals surface area contributed by atoms with Crippen molar-refractivity contribution in [1.29, 1.82) is 0 Å². The van der Waals surface area contributed by atoms with Crippen molar-refractivity contribution in [3.63, 3.8) is 0 Å². The summed E-state index contributed by atoms with van der Waals surface area (Å²) in [4.78, 5) is 29.2. The summed E-state index contributed by atoms with van der Waals surface area (Å²) in [5, 5.41) is 14.6. The molecule has 10 nitrogen and oxygen atoms in total. The van der Waals surface area contributed by atoms with Gasteiger partial charge in [0.05, 0.1) is 17.6 Å². The Balaban J connectivity index is 1.40. The van der Waals surface area contributed by atoms with Crippen molar-refractivity contribution in [2.24, 2.45) is 7.05 Å². The Morgan fingerprint density at radius 2 is 2.05 bits per heavy atom. The zero-order chi connectivity index (χ0) is 26.9. The number of benzene rings is 1. The van der Waals surface area contributed by atoms with Crippen LogP contribution in [0.3, 0.4) is 0 Å². The fourth-order valence-corrected chi connectivity index (χ4v) is 4.83. The number of nitrogens with one attached hydrogen (secondary N) is 2. The molecule has 0 radical (unpaired) electrons. The highest BCUT2D eigenvalue weighted by molar-refractivity contribution is 5.93. The molecule has 4 aromatic rings. The zero-order valence-electron chi connectivity index (χ0n) is 22.7. The van der Waals surface area contributed by atoms with Crippen molar-refractivity contribution >= 4 is 17.4 Å². The third-order valence-corrected chi connectivity index (χ3v) is 7.01. The van der Waals surface area contributed by atoms with E-state index < -0.39 is 0 Å². The molecule has 4 heterocycles. The summed E-state index contributed by atoms with van der Waals surface area (Å²) in [6.45, 7) is 11.1. The van der Waals surface area contributed by atoms with E-state index in [9.17, 15) is 4.79 Å². The SMILES string of the molecule is CCN1CCC(CC(=O)c2n[nH]c(C(C)(C)C)n2)c2ccc(-c3ccnc(Nc4cnn(C)c4)n3)cc2C1. The van der Waals surface area contributed by atoms with E-state index in [1.54, 1.807) is 17.1 Å². The van der Waals surface area contributed by atoms with Crippen LogP contribution >= 0.6 is 0 Å². The molecular weight excluding hydrogens is 478 g/mol. The van der Waals surface area contributed by atoms with Crippen LogP contribution in [0.15, 0.2) is 42.9 Å². The first-order chi connectivity index (χ1) is 18.2. The number of nitrogens with zero attached hydrogens (tertiary/aromatic N) is 7. The van der Waals surface area contributed by atoms with Crippen LogP contribution in [0.5, 0.6) is 0 Å². The molecule has 2 N–H and O–H groups in total. The molecule has 1 aromatic carbocycles. The summed E-state index contributed by atoms with van der Waals surface area (Å²) >= 11 is 0. The predicted octanol–water partition coefficient (Wildman–Crippen LogP) is 4.62. The molecule has 1 atom stereocenters. The highest BCUT2D eigenvalue weighted by atomic mass is 16.1. The average Bonchev–Trinajstić information content (AvgIpc) is 3.51. The van der Waals surface area contributed by atoms with Crippen molar-refractivity contribution < 1.29 is 4.79 Å². The number of ketones is 1. The molecule has 0 bridgehead atoms. The Labute approximate surface area is 222 Å². The van der Waals surface area contributed by atoms with Gasteiger partial charge in [-0.25, -0.2) is 15.0 Å². The highest BCUT2D eigenvalue weighted by Crippen LogP contribution is 2.34. The number of carbonyl (C=O) groups is 1. The van der Waals surface area contributed by atoms with Gasteiger partial charge in [0.2, 0.25) is 17.6 Å². The molecule has 1 aliphatic heterocycles. The van der Waals surface area contributed by atoms with Crippen molar-refractivity contribution in [3.8, 4) is 11.3 Å². The van der Waals surface area contributed by atoms with E-state index in [4.69, 9.17) is 4.98 Å². The first-order valence-electron chi connectivity index (χ1n) is 13.1. The summed E-state index contributed by atoms with van der Waals surface area (Å²) in [6.07, 6.45) is 6.67. The number of Topliss-reactive ketones (excluding diaryl/α,β-unsaturated/α-hetero) is 1. The lowest BCUT2D eigenvalue weighted by Gasteiger charge is -2.18. The molecule has 198 valence electrons. The van der Waals surface area contributed by atoms with E-state index in [2.05, 4.69) is 81.4 Å². The molecule has 0 amide bonds. The second-order valence-corrected chi connectivity index (χ2v) is 10.9. The molecule has 38 heavy (non-hydrogen) atoms. The summed E-state index contributed by atoms with van der Waals surface area (Å²) in [5.41, 5.74) is 4.94. The van der Waals surface area contributed by atoms with Crippen LogP contribution in [-0.4, -0.2) is 58.7 Å². The Bertz CT molecular complexity index is 1430. The van der Waals surface area contributed by atoms with E-state index in [1.165, 1.54) is 11.1 Å². The van der Waals surface area contributed by atoms with Gasteiger partial charge in [0.25, 0.3) is 0 Å². The van der Waals surface area contributed by atoms with Crippen LogP contribution < -0.4 is 5.32 Å². The Hall–Kier alpha value is -3.92. The molecule has 0 saturated heterocycles. The monoisotopic (exact) mass is 513 g/mol. The van der Waals surface area contributed by atoms with Crippen LogP contribution in [0.1, 0.15) is 74.0 Å². The molecule has 0 saturated carbocycles. The third-order valence-electron chi connectivity index (χ3n) is 7.01. The van der Waals surface area contributed by atoms with Crippen LogP contribution in [0.4, 0.5) is 11.6 Å². The Morgan fingerprint density at radius 1 is 1.21 bits per heavy atom. The number of hydrogen-bond donors (Lipinski definition) is 2. The number of hydrogen-bond acceptors (Lipinski definition) is 8. The van der Waals surface area contributed by atoms with Crippen molar-refractivity contribution in [3.05, 3.63) is 65.6 Å². The maximum absolute atomic E-state index is 13.2. The van der Waals surface area contributed by atoms with E-state index >= 15 is 0 Å². The van der Waals surface area contributed by atoms with E-state index in [1.807, 2.05) is 19.3 Å². The second kappa shape index (κ2) is 10.4. The lowest BCUT2D eigenvalue weighted by molar-refractivity contribution is 0.0961. The quantitative estimate of drug-likeness (QED) is 0.344. The van der Waals surface area contributed by atoms with Gasteiger partial charge in [-0.05, 0) is 48.7 Å². The third kappa shape index (κ3) is 5.65. The fraction of sp³-hybridized carbons (Fsp3) is 0.429. The topological polar surface area (TPSA) is 118 Å². The number of aryl methyl sites for hydroxylation is 1. The summed E-state index contributed by atoms with van der Waals surface area (Å²) in [6, 6.07) is 8.39. The number of aromatic amines is 1. The van der Waals surface area contributed by atoms with Crippen molar-refractivity contribution in [2.45, 2.75) is 58.4 Å². The molecule has 1 aliphatic rings. The maximum atomic E-state index is 13.2. The molecule has 10 heteroatoms. The number of fused-ring (bicyclic) bond motifs is 1. The second-order valence-electron chi connectivity index (χ2n) is 10.9. The van der Waals surface area contributed by atoms with Crippen molar-refractivity contribution in [2.75, 3.05) is 18.4 Å². The number of carbonyl (C=O) groups excluding carboxylic acids is 1. The summed E-state index contributed by atoms with van der Waals surface area (Å²) in [5.74, 6) is 1.60. The van der Waals surface area contributed by atoms with Gasteiger partial charge in [-0.15, -0.1) is 0 Å². The summed E-state index contributed by atoms with van der Waals surface area (Å²) in [7, 11) is 1.87. The standard InChI is InChI=1S/C28H35N9O/c1-6-37-12-10-18(14-24(38)25-33-26(35-34-25)28(2,3)4)22-8-7-19(13-20(22)16-37)23-9-11-29-27(32-23)31-21-15-30-36(5)17-21/h7-9,11,13,15,17-18H,6,10,12,14,16H2,1-5H3,(H,29,31,32)(H,33,34,35). The van der Waals surface area contributed by atoms with Crippen LogP contribution in [0.25, 0.3) is 11.3 Å². The van der Waals surface area contributed by atoms with Gasteiger partial charge in [0, 0.05) is 43.4 Å². The first kappa shape index (κ1) is 25.7. The van der Waals surface area contributed by atoms with Gasteiger partial charge in [-0.2, -0.15) is 10.2 Å². The van der Waals surface area contributed by atoms with Crippen LogP contribution in [0.2, 0.25) is 0 Å². The Morgan fingerprint density at radius 3 is 2.76 bits per heavy atom. The minimum Gasteiger partial charge on any atom is -0.321 e. The zero-order valence-corrected chi connectivity index (χ0v) is 22.7. The minimum absolute atomic E-state index is 0.0244. The average molecular weight is 514 g/mol. The number of anilines is 2. The molecule has 0 fully saturated rings. The van der Waals surface area contributed by atoms with Crippen molar-refractivity contribution in [1.82, 2.24) is 39.8 Å². The van der Waals surface area contributed by atoms with Gasteiger partial charge in [-0.1, -0.05) is 39.8 Å². The molecular formula is C28H35N9O. The Kier molecular flexibility index (Phi) is 7.07. The van der Waals surface area contributed by atoms with Gasteiger partial charge in [-0.3, -0.25) is 19.5 Å². The molecule has 1 unspecified atom stereocenters.